The van der Waals surface area contributed by atoms with Crippen molar-refractivity contribution in [3.63, 3.8) is 0 Å². The Bertz CT molecular complexity index is 536. The minimum absolute atomic E-state index is 1.08. The SMILES string of the molecule is c1ccc(N2CCN(CCCCc3ccncc3)CC2)nc1. The standard InChI is InChI=1S/C18H24N4/c1-3-9-20-18(6-1)22-15-13-21(14-16-22)12-4-2-5-17-7-10-19-11-8-17/h1,3,6-11H,2,4-5,12-16H2. The lowest BCUT2D eigenvalue weighted by Crippen LogP contribution is -2.46. The van der Waals surface area contributed by atoms with Gasteiger partial charge in [0.2, 0.25) is 0 Å². The molecule has 3 heterocycles. The van der Waals surface area contributed by atoms with Gasteiger partial charge in [0.25, 0.3) is 0 Å². The summed E-state index contributed by atoms with van der Waals surface area (Å²) in [5, 5.41) is 0. The maximum Gasteiger partial charge on any atom is 0.128 e. The van der Waals surface area contributed by atoms with Crippen LogP contribution >= 0.6 is 0 Å². The number of aromatic nitrogens is 2. The van der Waals surface area contributed by atoms with E-state index in [1.807, 2.05) is 24.7 Å². The normalized spacial score (nSPS) is 15.9. The van der Waals surface area contributed by atoms with Gasteiger partial charge in [-0.05, 0) is 55.6 Å². The second-order valence-corrected chi connectivity index (χ2v) is 5.83. The predicted octanol–water partition coefficient (Wildman–Crippen LogP) is 2.62. The van der Waals surface area contributed by atoms with Gasteiger partial charge in [-0.1, -0.05) is 6.07 Å². The predicted molar refractivity (Wildman–Crippen MR) is 90.1 cm³/mol. The fourth-order valence-corrected chi connectivity index (χ4v) is 2.96. The minimum Gasteiger partial charge on any atom is -0.354 e. The molecule has 116 valence electrons. The number of aryl methyl sites for hydroxylation is 1. The van der Waals surface area contributed by atoms with E-state index in [9.17, 15) is 0 Å². The Labute approximate surface area is 132 Å². The second kappa shape index (κ2) is 7.90. The highest BCUT2D eigenvalue weighted by Gasteiger charge is 2.17. The van der Waals surface area contributed by atoms with Gasteiger partial charge in [-0.15, -0.1) is 0 Å². The van der Waals surface area contributed by atoms with Crippen molar-refractivity contribution in [1.82, 2.24) is 14.9 Å². The number of hydrogen-bond donors (Lipinski definition) is 0. The molecule has 0 spiro atoms. The quantitative estimate of drug-likeness (QED) is 0.767. The van der Waals surface area contributed by atoms with Gasteiger partial charge in [0.15, 0.2) is 0 Å². The first-order valence-corrected chi connectivity index (χ1v) is 8.19. The molecule has 0 bridgehead atoms. The van der Waals surface area contributed by atoms with Gasteiger partial charge in [0.1, 0.15) is 5.82 Å². The van der Waals surface area contributed by atoms with Gasteiger partial charge in [0.05, 0.1) is 0 Å². The average Bonchev–Trinajstić information content (AvgIpc) is 2.61. The Morgan fingerprint density at radius 1 is 0.864 bits per heavy atom. The molecule has 0 aromatic carbocycles. The Hall–Kier alpha value is -1.94. The summed E-state index contributed by atoms with van der Waals surface area (Å²) in [6.07, 6.45) is 9.33. The Kier molecular flexibility index (Phi) is 5.37. The van der Waals surface area contributed by atoms with Crippen molar-refractivity contribution in [2.75, 3.05) is 37.6 Å². The molecule has 4 heteroatoms. The van der Waals surface area contributed by atoms with Crippen LogP contribution in [0.2, 0.25) is 0 Å². The van der Waals surface area contributed by atoms with Crippen LogP contribution in [-0.2, 0) is 6.42 Å². The van der Waals surface area contributed by atoms with E-state index in [1.54, 1.807) is 0 Å². The number of rotatable bonds is 6. The van der Waals surface area contributed by atoms with Crippen LogP contribution in [0.3, 0.4) is 0 Å². The van der Waals surface area contributed by atoms with Crippen molar-refractivity contribution in [2.45, 2.75) is 19.3 Å². The van der Waals surface area contributed by atoms with E-state index in [0.29, 0.717) is 0 Å². The molecule has 1 aliphatic rings. The van der Waals surface area contributed by atoms with Crippen LogP contribution in [-0.4, -0.2) is 47.6 Å². The van der Waals surface area contributed by atoms with Gasteiger partial charge in [-0.2, -0.15) is 0 Å². The van der Waals surface area contributed by atoms with Crippen LogP contribution < -0.4 is 4.90 Å². The highest BCUT2D eigenvalue weighted by molar-refractivity contribution is 5.38. The minimum atomic E-state index is 1.08. The van der Waals surface area contributed by atoms with Crippen molar-refractivity contribution < 1.29 is 0 Å². The lowest BCUT2D eigenvalue weighted by molar-refractivity contribution is 0.252. The third-order valence-corrected chi connectivity index (χ3v) is 4.28. The van der Waals surface area contributed by atoms with Crippen molar-refractivity contribution in [3.05, 3.63) is 54.5 Å². The van der Waals surface area contributed by atoms with Gasteiger partial charge in [0, 0.05) is 44.8 Å². The largest absolute Gasteiger partial charge is 0.354 e. The fraction of sp³-hybridized carbons (Fsp3) is 0.444. The molecule has 0 N–H and O–H groups in total. The van der Waals surface area contributed by atoms with Crippen molar-refractivity contribution in [1.29, 1.82) is 0 Å². The molecular weight excluding hydrogens is 272 g/mol. The van der Waals surface area contributed by atoms with Crippen LogP contribution in [0, 0.1) is 0 Å². The summed E-state index contributed by atoms with van der Waals surface area (Å²) in [6, 6.07) is 10.4. The summed E-state index contributed by atoms with van der Waals surface area (Å²) in [7, 11) is 0. The van der Waals surface area contributed by atoms with Crippen molar-refractivity contribution in [3.8, 4) is 0 Å². The molecule has 0 aliphatic carbocycles. The number of hydrogen-bond acceptors (Lipinski definition) is 4. The van der Waals surface area contributed by atoms with Crippen molar-refractivity contribution in [2.24, 2.45) is 0 Å². The van der Waals surface area contributed by atoms with E-state index in [4.69, 9.17) is 0 Å². The zero-order valence-electron chi connectivity index (χ0n) is 13.1. The van der Waals surface area contributed by atoms with Crippen LogP contribution in [0.5, 0.6) is 0 Å². The summed E-state index contributed by atoms with van der Waals surface area (Å²) in [4.78, 5) is 13.5. The van der Waals surface area contributed by atoms with Gasteiger partial charge in [-0.3, -0.25) is 9.88 Å². The molecular formula is C18H24N4. The van der Waals surface area contributed by atoms with E-state index >= 15 is 0 Å². The molecule has 1 aliphatic heterocycles. The highest BCUT2D eigenvalue weighted by Crippen LogP contribution is 2.13. The third-order valence-electron chi connectivity index (χ3n) is 4.28. The van der Waals surface area contributed by atoms with Crippen LogP contribution in [0.4, 0.5) is 5.82 Å². The lowest BCUT2D eigenvalue weighted by Gasteiger charge is -2.35. The topological polar surface area (TPSA) is 32.3 Å². The zero-order chi connectivity index (χ0) is 15.0. The highest BCUT2D eigenvalue weighted by atomic mass is 15.3. The molecule has 2 aromatic rings. The number of nitrogens with zero attached hydrogens (tertiary/aromatic N) is 4. The number of pyridine rings is 2. The Morgan fingerprint density at radius 3 is 2.41 bits per heavy atom. The van der Waals surface area contributed by atoms with E-state index < -0.39 is 0 Å². The molecule has 2 aromatic heterocycles. The molecule has 4 nitrogen and oxygen atoms in total. The number of unbranched alkanes of at least 4 members (excludes halogenated alkanes) is 1. The van der Waals surface area contributed by atoms with E-state index in [0.717, 1.165) is 38.4 Å². The molecule has 1 saturated heterocycles. The monoisotopic (exact) mass is 296 g/mol. The first kappa shape index (κ1) is 15.0. The summed E-state index contributed by atoms with van der Waals surface area (Å²) >= 11 is 0. The molecule has 3 rings (SSSR count). The first-order chi connectivity index (χ1) is 10.9. The molecule has 0 unspecified atom stereocenters. The maximum absolute atomic E-state index is 4.44. The summed E-state index contributed by atoms with van der Waals surface area (Å²) < 4.78 is 0. The van der Waals surface area contributed by atoms with Crippen LogP contribution in [0.25, 0.3) is 0 Å². The number of piperazine rings is 1. The Morgan fingerprint density at radius 2 is 1.68 bits per heavy atom. The van der Waals surface area contributed by atoms with Crippen LogP contribution in [0.1, 0.15) is 18.4 Å². The zero-order valence-corrected chi connectivity index (χ0v) is 13.1. The second-order valence-electron chi connectivity index (χ2n) is 5.83. The summed E-state index contributed by atoms with van der Waals surface area (Å²) in [5.41, 5.74) is 1.40. The van der Waals surface area contributed by atoms with Gasteiger partial charge >= 0.3 is 0 Å². The van der Waals surface area contributed by atoms with Gasteiger partial charge in [-0.25, -0.2) is 4.98 Å². The first-order valence-electron chi connectivity index (χ1n) is 8.19. The molecule has 22 heavy (non-hydrogen) atoms. The Balaban J connectivity index is 1.34. The molecule has 0 saturated carbocycles. The third kappa shape index (κ3) is 4.28. The summed E-state index contributed by atoms with van der Waals surface area (Å²) in [6.45, 7) is 5.67. The van der Waals surface area contributed by atoms with Gasteiger partial charge < -0.3 is 4.90 Å². The van der Waals surface area contributed by atoms with Crippen LogP contribution in [0.15, 0.2) is 48.9 Å². The number of anilines is 1. The fourth-order valence-electron chi connectivity index (χ4n) is 2.96. The average molecular weight is 296 g/mol. The summed E-state index contributed by atoms with van der Waals surface area (Å²) in [5.74, 6) is 1.11. The smallest absolute Gasteiger partial charge is 0.128 e. The molecule has 0 amide bonds. The molecule has 0 radical (unpaired) electrons. The van der Waals surface area contributed by atoms with E-state index in [1.165, 1.54) is 24.9 Å². The molecule has 0 atom stereocenters. The maximum atomic E-state index is 4.44. The molecule has 1 fully saturated rings. The van der Waals surface area contributed by atoms with Crippen molar-refractivity contribution >= 4 is 5.82 Å². The lowest BCUT2D eigenvalue weighted by atomic mass is 10.1. The van der Waals surface area contributed by atoms with E-state index in [-0.39, 0.29) is 0 Å². The van der Waals surface area contributed by atoms with E-state index in [2.05, 4.69) is 44.0 Å².